The molecule has 1 saturated carbocycles. The number of rotatable bonds is 24. The molecule has 0 radical (unpaired) electrons. The molecule has 1 saturated heterocycles. The quantitative estimate of drug-likeness (QED) is 0.0544. The molecule has 30 heteroatoms. The molecule has 14 aromatic rings. The van der Waals surface area contributed by atoms with Crippen LogP contribution in [0.2, 0.25) is 10.0 Å². The van der Waals surface area contributed by atoms with E-state index in [0.717, 1.165) is 129 Å². The Kier molecular flexibility index (Phi) is 38.5. The third-order valence-corrected chi connectivity index (χ3v) is 21.4. The van der Waals surface area contributed by atoms with Crippen molar-refractivity contribution in [2.24, 2.45) is 0 Å². The van der Waals surface area contributed by atoms with E-state index in [-0.39, 0.29) is 45.0 Å². The number of aromatic nitrogens is 9. The summed E-state index contributed by atoms with van der Waals surface area (Å²) in [6.45, 7) is 56.1. The molecule has 8 heterocycles. The predicted molar refractivity (Wildman–Crippen MR) is 571 cm³/mol. The Labute approximate surface area is 854 Å². The van der Waals surface area contributed by atoms with E-state index in [1.54, 1.807) is 52.8 Å². The van der Waals surface area contributed by atoms with Crippen LogP contribution >= 0.6 is 39.1 Å². The van der Waals surface area contributed by atoms with E-state index in [2.05, 4.69) is 66.8 Å². The lowest BCUT2D eigenvalue weighted by Gasteiger charge is -2.23. The van der Waals surface area contributed by atoms with Gasteiger partial charge < -0.3 is 80.7 Å². The highest BCUT2D eigenvalue weighted by Crippen LogP contribution is 2.44. The maximum atomic E-state index is 13.1. The lowest BCUT2D eigenvalue weighted by molar-refractivity contribution is 0.123. The molecule has 1 aliphatic carbocycles. The molecule has 0 N–H and O–H groups in total. The van der Waals surface area contributed by atoms with Gasteiger partial charge in [-0.1, -0.05) is 41.4 Å². The molecule has 26 nitrogen and oxygen atoms in total. The maximum absolute atomic E-state index is 13.1. The summed E-state index contributed by atoms with van der Waals surface area (Å²) in [6, 6.07) is 46.5. The first kappa shape index (κ1) is 112. The number of benzene rings is 7. The summed E-state index contributed by atoms with van der Waals surface area (Å²) in [5, 5.41) is 7.68. The second-order valence-electron chi connectivity index (χ2n) is 40.3. The Hall–Kier alpha value is -12.4. The number of pyridine rings is 5. The molecular weight excluding hydrogens is 1910 g/mol. The third kappa shape index (κ3) is 33.9. The van der Waals surface area contributed by atoms with E-state index in [1.807, 2.05) is 295 Å². The normalized spacial score (nSPS) is 12.6. The molecular formula is C112H140BrCl2FN10O16. The number of aryl methyl sites for hydroxylation is 1. The van der Waals surface area contributed by atoms with Gasteiger partial charge in [-0.15, -0.1) is 0 Å². The van der Waals surface area contributed by atoms with Gasteiger partial charge in [0.2, 0.25) is 41.2 Å². The highest BCUT2D eigenvalue weighted by Gasteiger charge is 2.28. The van der Waals surface area contributed by atoms with Crippen molar-refractivity contribution in [2.75, 3.05) is 72.9 Å². The maximum Gasteiger partial charge on any atom is 0.224 e. The highest BCUT2D eigenvalue weighted by molar-refractivity contribution is 9.10. The van der Waals surface area contributed by atoms with Crippen LogP contribution in [-0.4, -0.2) is 158 Å². The van der Waals surface area contributed by atoms with Gasteiger partial charge in [0.15, 0.2) is 0 Å². The highest BCUT2D eigenvalue weighted by atomic mass is 79.9. The summed E-state index contributed by atoms with van der Waals surface area (Å²) >= 11 is 16.1. The van der Waals surface area contributed by atoms with Gasteiger partial charge in [0.05, 0.1) is 97.9 Å². The second kappa shape index (κ2) is 49.1. The molecule has 0 atom stereocenters. The summed E-state index contributed by atoms with van der Waals surface area (Å²) in [4.78, 5) is 42.2. The first-order chi connectivity index (χ1) is 66.9. The SMILES string of the molecule is CC(C)(C)Oc1cc(N2CCCC2)nc(Cc2ccc(F)cc2)n1.CC(C)(C)Oc1nccc2cc(OC3CC3)ccc12.CCOc1cc(OC(C)(C)C)c2ccc(OC)c(Br)c2n1.CCOc1cc(OC(C)(C)C)c2ccc(OC)c(C)c2n1.CCOc1cc(OC(C)(C)C)c2ccc(OC)c(Cl)c2n1.CCOc1cc(OC(C)(C)C)c2cccc(Cl)c2n1.COc1ccc2c(OC(C)(C)C)ncnc2c1. The number of halogens is 4. The minimum atomic E-state index is -0.329. The molecule has 0 bridgehead atoms. The lowest BCUT2D eigenvalue weighted by atomic mass is 10.1. The van der Waals surface area contributed by atoms with Crippen molar-refractivity contribution in [2.45, 2.75) is 257 Å². The zero-order valence-corrected chi connectivity index (χ0v) is 91.1. The van der Waals surface area contributed by atoms with Crippen LogP contribution in [-0.2, 0) is 6.42 Å². The zero-order valence-electron chi connectivity index (χ0n) is 88.0. The van der Waals surface area contributed by atoms with Crippen LogP contribution in [0.25, 0.3) is 65.3 Å². The largest absolute Gasteiger partial charge is 0.497 e. The summed E-state index contributed by atoms with van der Waals surface area (Å²) in [5.41, 5.74) is 3.66. The summed E-state index contributed by atoms with van der Waals surface area (Å²) in [6.07, 6.45) is 8.99. The number of para-hydroxylation sites is 1. The van der Waals surface area contributed by atoms with Gasteiger partial charge in [0.1, 0.15) is 125 Å². The smallest absolute Gasteiger partial charge is 0.224 e. The molecule has 762 valence electrons. The van der Waals surface area contributed by atoms with Crippen LogP contribution in [0.5, 0.6) is 92.9 Å². The minimum absolute atomic E-state index is 0.234. The Morgan fingerprint density at radius 2 is 0.824 bits per heavy atom. The van der Waals surface area contributed by atoms with Gasteiger partial charge in [-0.05, 0) is 330 Å². The average Bonchev–Trinajstić information content (AvgIpc) is 0.915. The van der Waals surface area contributed by atoms with Crippen LogP contribution in [0, 0.1) is 12.7 Å². The van der Waals surface area contributed by atoms with Gasteiger partial charge in [-0.2, -0.15) is 4.98 Å². The van der Waals surface area contributed by atoms with Gasteiger partial charge in [0.25, 0.3) is 0 Å². The molecule has 16 rings (SSSR count). The van der Waals surface area contributed by atoms with Crippen LogP contribution in [0.4, 0.5) is 10.2 Å². The predicted octanol–water partition coefficient (Wildman–Crippen LogP) is 28.4. The number of methoxy groups -OCH3 is 4. The molecule has 1 aliphatic heterocycles. The first-order valence-corrected chi connectivity index (χ1v) is 49.4. The topological polar surface area (TPSA) is 267 Å². The Morgan fingerprint density at radius 1 is 0.387 bits per heavy atom. The van der Waals surface area contributed by atoms with Crippen LogP contribution in [0.15, 0.2) is 169 Å². The average molecular weight is 2050 g/mol. The van der Waals surface area contributed by atoms with Gasteiger partial charge in [0, 0.05) is 94.6 Å². The first-order valence-electron chi connectivity index (χ1n) is 47.8. The van der Waals surface area contributed by atoms with Crippen molar-refractivity contribution >= 4 is 110 Å². The monoisotopic (exact) mass is 2050 g/mol. The van der Waals surface area contributed by atoms with E-state index in [0.29, 0.717) is 119 Å². The third-order valence-electron chi connectivity index (χ3n) is 20.0. The number of fused-ring (bicyclic) bond motifs is 6. The van der Waals surface area contributed by atoms with Crippen molar-refractivity contribution in [3.8, 4) is 92.9 Å². The van der Waals surface area contributed by atoms with Crippen LogP contribution in [0.1, 0.15) is 216 Å². The van der Waals surface area contributed by atoms with Gasteiger partial charge in [-0.25, -0.2) is 44.3 Å². The zero-order chi connectivity index (χ0) is 104. The number of hydrogen-bond donors (Lipinski definition) is 0. The number of anilines is 1. The minimum Gasteiger partial charge on any atom is -0.497 e. The Morgan fingerprint density at radius 3 is 1.31 bits per heavy atom. The van der Waals surface area contributed by atoms with Crippen molar-refractivity contribution in [1.29, 1.82) is 0 Å². The molecule has 0 amide bonds. The van der Waals surface area contributed by atoms with Crippen molar-refractivity contribution in [1.82, 2.24) is 44.9 Å². The summed E-state index contributed by atoms with van der Waals surface area (Å²) < 4.78 is 105. The Balaban J connectivity index is 0.000000171. The van der Waals surface area contributed by atoms with E-state index < -0.39 is 0 Å². The fraction of sp³-hybridized carbons (Fsp3) is 0.438. The standard InChI is InChI=1S/C19H24FN3O.C17H23NO3.C16H20BrNO3.C16H20ClNO3.C16H19NO2.C15H18ClNO2.C13H16N2O2/c1-19(2,3)24-18-13-17(23-10-4-5-11-23)21-16(22-18)12-14-6-8-15(20)9-7-14;1-7-20-15-10-14(21-17(3,4)5)12-8-9-13(19-6)11(2)16(12)18-15;2*1-6-20-13-9-12(21-16(2,3)4)10-7-8-11(19-5)14(17)15(10)18-13;1-16(2,3)19-15-14-7-6-13(18-12-4-5-12)10-11(14)8-9-17-15;1-5-18-13-9-12(19-15(2,3)4)10-7-6-8-11(16)14(10)17-13;1-13(2,3)17-12-10-6-5-9(16-4)7-11(10)14-8-15-12/h6-9,13H,4-5,10-12H2,1-3H3;8-10H,7H2,1-6H3;2*7-9H,6H2,1-5H3;6-10,12H,4-5H2,1-3H3;6-9H,5H2,1-4H3;5-8H,1-4H3. The molecule has 2 fully saturated rings. The fourth-order valence-electron chi connectivity index (χ4n) is 14.2. The molecule has 2 aliphatic rings. The number of hydrogen-bond acceptors (Lipinski definition) is 26. The molecule has 7 aromatic carbocycles. The number of ether oxygens (including phenoxy) is 16. The molecule has 7 aromatic heterocycles. The van der Waals surface area contributed by atoms with Crippen molar-refractivity contribution < 1.29 is 80.2 Å². The van der Waals surface area contributed by atoms with E-state index in [4.69, 9.17) is 104 Å². The van der Waals surface area contributed by atoms with E-state index in [1.165, 1.54) is 44.1 Å². The van der Waals surface area contributed by atoms with Gasteiger partial charge >= 0.3 is 0 Å². The van der Waals surface area contributed by atoms with Crippen molar-refractivity contribution in [3.63, 3.8) is 0 Å². The lowest BCUT2D eigenvalue weighted by Crippen LogP contribution is -2.25. The van der Waals surface area contributed by atoms with E-state index >= 15 is 0 Å². The molecule has 0 unspecified atom stereocenters. The summed E-state index contributed by atoms with van der Waals surface area (Å²) in [7, 11) is 6.50. The summed E-state index contributed by atoms with van der Waals surface area (Å²) in [5.74, 6) is 12.2. The number of nitrogens with zero attached hydrogens (tertiary/aromatic N) is 10. The van der Waals surface area contributed by atoms with Gasteiger partial charge in [-0.3, -0.25) is 0 Å². The van der Waals surface area contributed by atoms with Crippen LogP contribution in [0.3, 0.4) is 0 Å². The Bertz CT molecular complexity index is 6290. The van der Waals surface area contributed by atoms with Crippen LogP contribution < -0.4 is 80.7 Å². The fourth-order valence-corrected chi connectivity index (χ4v) is 15.3. The van der Waals surface area contributed by atoms with E-state index in [9.17, 15) is 4.39 Å². The molecule has 0 spiro atoms. The second-order valence-corrected chi connectivity index (χ2v) is 41.9. The molecule has 142 heavy (non-hydrogen) atoms. The van der Waals surface area contributed by atoms with Crippen molar-refractivity contribution in [3.05, 3.63) is 201 Å².